The predicted molar refractivity (Wildman–Crippen MR) is 127 cm³/mol. The zero-order valence-corrected chi connectivity index (χ0v) is 19.5. The summed E-state index contributed by atoms with van der Waals surface area (Å²) in [4.78, 5) is 36.8. The van der Waals surface area contributed by atoms with Crippen molar-refractivity contribution in [3.63, 3.8) is 0 Å². The van der Waals surface area contributed by atoms with E-state index in [1.165, 1.54) is 26.4 Å². The topological polar surface area (TPSA) is 97.4 Å². The molecule has 3 rings (SSSR count). The molecule has 0 radical (unpaired) electrons. The van der Waals surface area contributed by atoms with Crippen LogP contribution in [0.4, 0.5) is 0 Å². The lowest BCUT2D eigenvalue weighted by Crippen LogP contribution is -2.13. The number of rotatable bonds is 12. The Labute approximate surface area is 203 Å². The van der Waals surface area contributed by atoms with Crippen LogP contribution in [-0.4, -0.2) is 52.5 Å². The maximum atomic E-state index is 12.5. The Morgan fingerprint density at radius 3 is 2.34 bits per heavy atom. The summed E-state index contributed by atoms with van der Waals surface area (Å²) >= 11 is 0. The third-order valence-corrected chi connectivity index (χ3v) is 5.05. The highest BCUT2D eigenvalue weighted by Gasteiger charge is 2.20. The number of methoxy groups -OCH3 is 2. The molecule has 0 fully saturated rings. The van der Waals surface area contributed by atoms with E-state index in [0.29, 0.717) is 41.9 Å². The minimum Gasteiger partial charge on any atom is -0.489 e. The first kappa shape index (κ1) is 25.6. The second-order valence-corrected chi connectivity index (χ2v) is 7.34. The van der Waals surface area contributed by atoms with Crippen molar-refractivity contribution in [3.05, 3.63) is 89.0 Å². The molecule has 0 spiro atoms. The highest BCUT2D eigenvalue weighted by molar-refractivity contribution is 6.03. The minimum atomic E-state index is -0.667. The van der Waals surface area contributed by atoms with E-state index >= 15 is 0 Å². The fraction of sp³-hybridized carbons (Fsp3) is 0.222. The smallest absolute Gasteiger partial charge is 0.340 e. The van der Waals surface area contributed by atoms with Crippen molar-refractivity contribution in [2.45, 2.75) is 6.61 Å². The van der Waals surface area contributed by atoms with Crippen molar-refractivity contribution in [3.8, 4) is 16.9 Å². The number of benzene rings is 3. The van der Waals surface area contributed by atoms with Crippen LogP contribution in [0, 0.1) is 0 Å². The fourth-order valence-corrected chi connectivity index (χ4v) is 3.28. The second-order valence-electron chi connectivity index (χ2n) is 7.34. The molecule has 8 heteroatoms. The molecule has 3 aromatic carbocycles. The van der Waals surface area contributed by atoms with Gasteiger partial charge in [0.15, 0.2) is 13.1 Å². The summed E-state index contributed by atoms with van der Waals surface area (Å²) in [5.74, 6) is -0.820. The van der Waals surface area contributed by atoms with Crippen LogP contribution >= 0.6 is 0 Å². The Morgan fingerprint density at radius 2 is 1.63 bits per heavy atom. The van der Waals surface area contributed by atoms with Gasteiger partial charge in [-0.3, -0.25) is 4.79 Å². The van der Waals surface area contributed by atoms with Gasteiger partial charge < -0.3 is 23.7 Å². The molecule has 0 aliphatic rings. The van der Waals surface area contributed by atoms with Gasteiger partial charge in [-0.1, -0.05) is 36.4 Å². The molecule has 0 heterocycles. The van der Waals surface area contributed by atoms with Gasteiger partial charge in [0.05, 0.1) is 31.5 Å². The summed E-state index contributed by atoms with van der Waals surface area (Å²) in [5, 5.41) is 0. The summed E-state index contributed by atoms with van der Waals surface area (Å²) in [6, 6.07) is 19.1. The van der Waals surface area contributed by atoms with Crippen molar-refractivity contribution in [2.24, 2.45) is 0 Å². The third kappa shape index (κ3) is 6.99. The van der Waals surface area contributed by atoms with Gasteiger partial charge >= 0.3 is 11.9 Å². The standard InChI is InChI=1S/C27H26O8/c1-31-12-13-33-18-35-26(29)20-8-10-24(25(15-20)27(30)32-2)23-11-9-22(14-21(23)16-28)34-17-19-6-4-3-5-7-19/h3-11,14-16H,12-13,17-18H2,1-2H3. The Balaban J connectivity index is 1.83. The molecule has 0 saturated heterocycles. The number of hydrogen-bond donors (Lipinski definition) is 0. The number of carbonyl (C=O) groups excluding carboxylic acids is 3. The van der Waals surface area contributed by atoms with Gasteiger partial charge in [0.25, 0.3) is 0 Å². The number of esters is 2. The van der Waals surface area contributed by atoms with Crippen LogP contribution in [0.3, 0.4) is 0 Å². The molecule has 3 aromatic rings. The molecule has 0 aliphatic carbocycles. The Bertz CT molecular complexity index is 1160. The van der Waals surface area contributed by atoms with Gasteiger partial charge in [-0.25, -0.2) is 9.59 Å². The monoisotopic (exact) mass is 478 g/mol. The summed E-state index contributed by atoms with van der Waals surface area (Å²) in [7, 11) is 2.77. The van der Waals surface area contributed by atoms with Crippen LogP contribution in [0.25, 0.3) is 11.1 Å². The van der Waals surface area contributed by atoms with Crippen molar-refractivity contribution >= 4 is 18.2 Å². The quantitative estimate of drug-likeness (QED) is 0.164. The predicted octanol–water partition coefficient (Wildman–Crippen LogP) is 4.31. The first-order valence-corrected chi connectivity index (χ1v) is 10.8. The largest absolute Gasteiger partial charge is 0.489 e. The molecule has 0 amide bonds. The number of hydrogen-bond acceptors (Lipinski definition) is 8. The van der Waals surface area contributed by atoms with Crippen LogP contribution in [0.5, 0.6) is 5.75 Å². The first-order valence-electron chi connectivity index (χ1n) is 10.8. The van der Waals surface area contributed by atoms with E-state index in [1.807, 2.05) is 30.3 Å². The molecule has 0 aromatic heterocycles. The molecule has 0 N–H and O–H groups in total. The molecule has 8 nitrogen and oxygen atoms in total. The summed E-state index contributed by atoms with van der Waals surface area (Å²) < 4.78 is 25.8. The van der Waals surface area contributed by atoms with Crippen LogP contribution in [0.2, 0.25) is 0 Å². The van der Waals surface area contributed by atoms with Crippen LogP contribution in [0.15, 0.2) is 66.7 Å². The zero-order chi connectivity index (χ0) is 25.0. The van der Waals surface area contributed by atoms with Gasteiger partial charge in [0.2, 0.25) is 0 Å². The number of carbonyl (C=O) groups is 3. The van der Waals surface area contributed by atoms with Gasteiger partial charge in [-0.15, -0.1) is 0 Å². The van der Waals surface area contributed by atoms with Crippen LogP contribution in [-0.2, 0) is 25.6 Å². The van der Waals surface area contributed by atoms with E-state index in [2.05, 4.69) is 0 Å². The lowest BCUT2D eigenvalue weighted by Gasteiger charge is -2.14. The molecule has 35 heavy (non-hydrogen) atoms. The average Bonchev–Trinajstić information content (AvgIpc) is 2.91. The van der Waals surface area contributed by atoms with E-state index in [0.717, 1.165) is 5.56 Å². The molecule has 0 bridgehead atoms. The van der Waals surface area contributed by atoms with Gasteiger partial charge in [0, 0.05) is 12.7 Å². The van der Waals surface area contributed by atoms with E-state index in [4.69, 9.17) is 23.7 Å². The summed E-state index contributed by atoms with van der Waals surface area (Å²) in [6.07, 6.45) is 0.686. The highest BCUT2D eigenvalue weighted by Crippen LogP contribution is 2.31. The highest BCUT2D eigenvalue weighted by atomic mass is 16.7. The maximum absolute atomic E-state index is 12.5. The van der Waals surface area contributed by atoms with Crippen LogP contribution < -0.4 is 4.74 Å². The van der Waals surface area contributed by atoms with E-state index in [9.17, 15) is 14.4 Å². The molecule has 182 valence electrons. The van der Waals surface area contributed by atoms with Gasteiger partial charge in [-0.05, 0) is 47.0 Å². The fourth-order valence-electron chi connectivity index (χ4n) is 3.28. The molecular weight excluding hydrogens is 452 g/mol. The zero-order valence-electron chi connectivity index (χ0n) is 19.5. The molecule has 0 saturated carbocycles. The average molecular weight is 478 g/mol. The lowest BCUT2D eigenvalue weighted by atomic mass is 9.94. The second kappa shape index (κ2) is 13.0. The van der Waals surface area contributed by atoms with E-state index < -0.39 is 11.9 Å². The van der Waals surface area contributed by atoms with Gasteiger partial charge in [0.1, 0.15) is 12.4 Å². The summed E-state index contributed by atoms with van der Waals surface area (Å²) in [5.41, 5.74) is 2.49. The van der Waals surface area contributed by atoms with Crippen molar-refractivity contribution < 1.29 is 38.1 Å². The van der Waals surface area contributed by atoms with E-state index in [1.54, 1.807) is 24.3 Å². The Hall–Kier alpha value is -4.01. The molecule has 0 atom stereocenters. The number of ether oxygens (including phenoxy) is 5. The third-order valence-electron chi connectivity index (χ3n) is 5.05. The summed E-state index contributed by atoms with van der Waals surface area (Å²) in [6.45, 7) is 0.735. The van der Waals surface area contributed by atoms with Gasteiger partial charge in [-0.2, -0.15) is 0 Å². The lowest BCUT2D eigenvalue weighted by molar-refractivity contribution is -0.0435. The molecule has 0 aliphatic heterocycles. The van der Waals surface area contributed by atoms with Crippen molar-refractivity contribution in [1.29, 1.82) is 0 Å². The Kier molecular flexibility index (Phi) is 9.53. The molecular formula is C27H26O8. The minimum absolute atomic E-state index is 0.114. The van der Waals surface area contributed by atoms with Crippen molar-refractivity contribution in [1.82, 2.24) is 0 Å². The van der Waals surface area contributed by atoms with E-state index in [-0.39, 0.29) is 24.5 Å². The first-order chi connectivity index (χ1) is 17.1. The SMILES string of the molecule is COCCOCOC(=O)c1ccc(-c2ccc(OCc3ccccc3)cc2C=O)c(C(=O)OC)c1. The van der Waals surface area contributed by atoms with Crippen LogP contribution in [0.1, 0.15) is 36.6 Å². The maximum Gasteiger partial charge on any atom is 0.340 e. The molecule has 0 unspecified atom stereocenters. The number of aldehydes is 1. The normalized spacial score (nSPS) is 10.5. The Morgan fingerprint density at radius 1 is 0.857 bits per heavy atom. The van der Waals surface area contributed by atoms with Crippen molar-refractivity contribution in [2.75, 3.05) is 34.2 Å².